The lowest BCUT2D eigenvalue weighted by atomic mass is 10.1. The van der Waals surface area contributed by atoms with Gasteiger partial charge in [-0.05, 0) is 12.8 Å². The van der Waals surface area contributed by atoms with Crippen LogP contribution in [0.4, 0.5) is 0 Å². The average molecular weight is 377 g/mol. The monoisotopic (exact) mass is 376 g/mol. The molecule has 0 fully saturated rings. The Morgan fingerprint density at radius 3 is 2.12 bits per heavy atom. The molecule has 1 atom stereocenters. The van der Waals surface area contributed by atoms with E-state index in [4.69, 9.17) is 19.7 Å². The molecule has 0 heterocycles. The highest BCUT2D eigenvalue weighted by Crippen LogP contribution is 2.08. The van der Waals surface area contributed by atoms with Gasteiger partial charge in [0, 0.05) is 0 Å². The summed E-state index contributed by atoms with van der Waals surface area (Å²) in [7, 11) is 4.26. The van der Waals surface area contributed by atoms with Crippen LogP contribution >= 0.6 is 0 Å². The smallest absolute Gasteiger partial charge is 0.306 e. The maximum Gasteiger partial charge on any atom is 0.306 e. The van der Waals surface area contributed by atoms with Gasteiger partial charge in [-0.1, -0.05) is 32.6 Å². The van der Waals surface area contributed by atoms with Gasteiger partial charge >= 0.3 is 11.9 Å². The summed E-state index contributed by atoms with van der Waals surface area (Å²) >= 11 is 0. The number of aliphatic hydroxyl groups is 2. The van der Waals surface area contributed by atoms with Crippen LogP contribution < -0.4 is 0 Å². The third-order valence-electron chi connectivity index (χ3n) is 4.26. The van der Waals surface area contributed by atoms with Gasteiger partial charge in [-0.2, -0.15) is 0 Å². The molecule has 0 aliphatic rings. The number of unbranched alkanes of at least 4 members (excludes halogenated alkanes) is 5. The van der Waals surface area contributed by atoms with Crippen molar-refractivity contribution in [3.8, 4) is 0 Å². The normalized spacial score (nSPS) is 12.7. The third kappa shape index (κ3) is 15.1. The van der Waals surface area contributed by atoms with Crippen molar-refractivity contribution in [2.45, 2.75) is 64.4 Å². The van der Waals surface area contributed by atoms with Crippen molar-refractivity contribution in [1.29, 1.82) is 0 Å². The summed E-state index contributed by atoms with van der Waals surface area (Å²) in [5.41, 5.74) is 0. The fraction of sp³-hybridized carbons (Fsp3) is 0.895. The minimum Gasteiger partial charge on any atom is -0.463 e. The van der Waals surface area contributed by atoms with Crippen LogP contribution in [0.15, 0.2) is 0 Å². The number of quaternary nitrogens is 1. The van der Waals surface area contributed by atoms with Gasteiger partial charge in [0.25, 0.3) is 0 Å². The number of hydrogen-bond donors (Lipinski definition) is 2. The van der Waals surface area contributed by atoms with Crippen LogP contribution in [0.3, 0.4) is 0 Å². The van der Waals surface area contributed by atoms with Crippen molar-refractivity contribution < 1.29 is 33.8 Å². The fourth-order valence-electron chi connectivity index (χ4n) is 2.43. The number of likely N-dealkylation sites (N-methyl/N-ethyl adjacent to an activating group) is 1. The van der Waals surface area contributed by atoms with Gasteiger partial charge in [0.05, 0.1) is 40.1 Å². The molecule has 0 spiro atoms. The summed E-state index contributed by atoms with van der Waals surface area (Å²) in [6.45, 7) is 3.61. The second kappa shape index (κ2) is 14.9. The first-order chi connectivity index (χ1) is 12.3. The van der Waals surface area contributed by atoms with Crippen molar-refractivity contribution in [3.05, 3.63) is 0 Å². The molecular formula is C19H38NO6+. The van der Waals surface area contributed by atoms with Crippen molar-refractivity contribution >= 4 is 11.9 Å². The number of rotatable bonds is 16. The molecule has 0 saturated heterocycles. The van der Waals surface area contributed by atoms with E-state index in [1.54, 1.807) is 0 Å². The molecule has 2 N–H and O–H groups in total. The molecular weight excluding hydrogens is 338 g/mol. The summed E-state index contributed by atoms with van der Waals surface area (Å²) in [6, 6.07) is 0. The molecule has 154 valence electrons. The number of aliphatic hydroxyl groups excluding tert-OH is 2. The molecule has 7 heteroatoms. The number of carbonyl (C=O) groups excluding carboxylic acids is 2. The maximum absolute atomic E-state index is 11.7. The molecule has 1 unspecified atom stereocenters. The van der Waals surface area contributed by atoms with Crippen molar-refractivity contribution in [3.63, 3.8) is 0 Å². The number of nitrogens with zero attached hydrogens (tertiary/aromatic N) is 1. The summed E-state index contributed by atoms with van der Waals surface area (Å²) in [6.07, 6.45) is 6.37. The van der Waals surface area contributed by atoms with Crippen LogP contribution in [0.5, 0.6) is 0 Å². The summed E-state index contributed by atoms with van der Waals surface area (Å²) in [5, 5.41) is 17.7. The van der Waals surface area contributed by atoms with E-state index < -0.39 is 24.6 Å². The minimum atomic E-state index is -1.09. The maximum atomic E-state index is 11.7. The van der Waals surface area contributed by atoms with Crippen LogP contribution in [0.1, 0.15) is 58.3 Å². The molecule has 0 aromatic heterocycles. The lowest BCUT2D eigenvalue weighted by Crippen LogP contribution is -2.43. The number of ether oxygens (including phenoxy) is 2. The minimum absolute atomic E-state index is 0.0427. The van der Waals surface area contributed by atoms with Gasteiger partial charge in [0.1, 0.15) is 25.9 Å². The lowest BCUT2D eigenvalue weighted by molar-refractivity contribution is -0.890. The Morgan fingerprint density at radius 1 is 0.923 bits per heavy atom. The Kier molecular flexibility index (Phi) is 14.3. The second-order valence-corrected chi connectivity index (χ2v) is 7.39. The molecule has 7 nitrogen and oxygen atoms in total. The molecule has 0 amide bonds. The summed E-state index contributed by atoms with van der Waals surface area (Å²) < 4.78 is 10.7. The predicted molar refractivity (Wildman–Crippen MR) is 99.5 cm³/mol. The fourth-order valence-corrected chi connectivity index (χ4v) is 2.43. The SMILES string of the molecule is CCCCCCCC[N+](C)(C)CCOC(=O)CCC(=O)OCC(O)CO. The van der Waals surface area contributed by atoms with Crippen molar-refractivity contribution in [2.24, 2.45) is 0 Å². The Bertz CT molecular complexity index is 386. The first-order valence-electron chi connectivity index (χ1n) is 9.73. The van der Waals surface area contributed by atoms with E-state index >= 15 is 0 Å². The zero-order chi connectivity index (χ0) is 19.8. The van der Waals surface area contributed by atoms with E-state index in [9.17, 15) is 9.59 Å². The Hall–Kier alpha value is -1.18. The van der Waals surface area contributed by atoms with Gasteiger partial charge in [-0.25, -0.2) is 0 Å². The number of hydrogen-bond acceptors (Lipinski definition) is 6. The van der Waals surface area contributed by atoms with Gasteiger partial charge in [-0.15, -0.1) is 0 Å². The largest absolute Gasteiger partial charge is 0.463 e. The molecule has 26 heavy (non-hydrogen) atoms. The third-order valence-corrected chi connectivity index (χ3v) is 4.26. The highest BCUT2D eigenvalue weighted by molar-refractivity contribution is 5.77. The summed E-state index contributed by atoms with van der Waals surface area (Å²) in [5.74, 6) is -1.02. The van der Waals surface area contributed by atoms with Crippen LogP contribution in [0.2, 0.25) is 0 Å². The molecule has 0 radical (unpaired) electrons. The quantitative estimate of drug-likeness (QED) is 0.242. The zero-order valence-electron chi connectivity index (χ0n) is 16.7. The topological polar surface area (TPSA) is 93.1 Å². The Labute approximate surface area is 157 Å². The zero-order valence-corrected chi connectivity index (χ0v) is 16.7. The van der Waals surface area contributed by atoms with Gasteiger partial charge in [0.15, 0.2) is 0 Å². The molecule has 0 rings (SSSR count). The van der Waals surface area contributed by atoms with Crippen LogP contribution in [0.25, 0.3) is 0 Å². The standard InChI is InChI=1S/C19H38NO6/c1-4-5-6-7-8-9-12-20(2,3)13-14-25-18(23)10-11-19(24)26-16-17(22)15-21/h17,21-22H,4-16H2,1-3H3/q+1. The lowest BCUT2D eigenvalue weighted by Gasteiger charge is -2.29. The first-order valence-corrected chi connectivity index (χ1v) is 9.73. The molecule has 0 bridgehead atoms. The average Bonchev–Trinajstić information content (AvgIpc) is 2.60. The molecule has 0 aromatic carbocycles. The van der Waals surface area contributed by atoms with E-state index in [2.05, 4.69) is 21.0 Å². The van der Waals surface area contributed by atoms with E-state index in [0.717, 1.165) is 17.6 Å². The predicted octanol–water partition coefficient (Wildman–Crippen LogP) is 1.64. The second-order valence-electron chi connectivity index (χ2n) is 7.39. The van der Waals surface area contributed by atoms with Crippen LogP contribution in [-0.2, 0) is 19.1 Å². The van der Waals surface area contributed by atoms with Gasteiger partial charge in [-0.3, -0.25) is 9.59 Å². The van der Waals surface area contributed by atoms with E-state index in [0.29, 0.717) is 6.61 Å². The van der Waals surface area contributed by atoms with E-state index in [1.165, 1.54) is 38.5 Å². The van der Waals surface area contributed by atoms with E-state index in [-0.39, 0.29) is 19.4 Å². The highest BCUT2D eigenvalue weighted by atomic mass is 16.5. The van der Waals surface area contributed by atoms with Crippen LogP contribution in [0, 0.1) is 0 Å². The molecule has 0 aliphatic carbocycles. The van der Waals surface area contributed by atoms with Gasteiger partial charge in [0.2, 0.25) is 0 Å². The Balaban J connectivity index is 3.73. The molecule has 0 aliphatic heterocycles. The van der Waals surface area contributed by atoms with Crippen molar-refractivity contribution in [2.75, 3.05) is 47.0 Å². The Morgan fingerprint density at radius 2 is 1.50 bits per heavy atom. The highest BCUT2D eigenvalue weighted by Gasteiger charge is 2.16. The number of carbonyl (C=O) groups is 2. The summed E-state index contributed by atoms with van der Waals surface area (Å²) in [4.78, 5) is 23.0. The van der Waals surface area contributed by atoms with Crippen LogP contribution in [-0.4, -0.2) is 79.7 Å². The van der Waals surface area contributed by atoms with Crippen molar-refractivity contribution in [1.82, 2.24) is 0 Å². The van der Waals surface area contributed by atoms with Gasteiger partial charge < -0.3 is 24.2 Å². The molecule has 0 saturated carbocycles. The first kappa shape index (κ1) is 24.8. The van der Waals surface area contributed by atoms with E-state index in [1.807, 2.05) is 0 Å². The molecule has 0 aromatic rings. The number of esters is 2.